The fourth-order valence-electron chi connectivity index (χ4n) is 2.23. The van der Waals surface area contributed by atoms with Crippen molar-refractivity contribution in [2.75, 3.05) is 5.75 Å². The average Bonchev–Trinajstić information content (AvgIpc) is 2.84. The molecule has 0 radical (unpaired) electrons. The van der Waals surface area contributed by atoms with Gasteiger partial charge in [0.15, 0.2) is 0 Å². The topological polar surface area (TPSA) is 81.1 Å². The molecule has 0 fully saturated rings. The van der Waals surface area contributed by atoms with Gasteiger partial charge in [0.1, 0.15) is 0 Å². The van der Waals surface area contributed by atoms with Gasteiger partial charge < -0.3 is 0 Å². The zero-order valence-electron chi connectivity index (χ0n) is 13.3. The van der Waals surface area contributed by atoms with Gasteiger partial charge in [0, 0.05) is 6.20 Å². The summed E-state index contributed by atoms with van der Waals surface area (Å²) in [6.45, 7) is 4.18. The number of nitrogens with zero attached hydrogens (tertiary/aromatic N) is 2. The molecule has 6 nitrogen and oxygen atoms in total. The van der Waals surface area contributed by atoms with Gasteiger partial charge in [0.25, 0.3) is 0 Å². The van der Waals surface area contributed by atoms with Crippen LogP contribution in [0.1, 0.15) is 25.0 Å². The van der Waals surface area contributed by atoms with Crippen LogP contribution in [0.3, 0.4) is 0 Å². The number of aromatic nitrogens is 2. The van der Waals surface area contributed by atoms with Gasteiger partial charge in [-0.1, -0.05) is 44.2 Å². The van der Waals surface area contributed by atoms with E-state index < -0.39 is 15.9 Å². The van der Waals surface area contributed by atoms with Crippen LogP contribution in [0.15, 0.2) is 42.7 Å². The van der Waals surface area contributed by atoms with E-state index in [-0.39, 0.29) is 18.1 Å². The van der Waals surface area contributed by atoms with Gasteiger partial charge in [-0.3, -0.25) is 14.2 Å². The summed E-state index contributed by atoms with van der Waals surface area (Å²) in [6.07, 6.45) is 3.32. The normalized spacial score (nSPS) is 11.6. The Bertz CT molecular complexity index is 752. The Morgan fingerprint density at radius 2 is 1.91 bits per heavy atom. The van der Waals surface area contributed by atoms with E-state index >= 15 is 0 Å². The van der Waals surface area contributed by atoms with Gasteiger partial charge in [-0.2, -0.15) is 5.10 Å². The van der Waals surface area contributed by atoms with Crippen LogP contribution in [-0.4, -0.2) is 29.9 Å². The van der Waals surface area contributed by atoms with Crippen molar-refractivity contribution in [3.05, 3.63) is 53.9 Å². The van der Waals surface area contributed by atoms with E-state index in [1.807, 2.05) is 30.3 Å². The van der Waals surface area contributed by atoms with Crippen molar-refractivity contribution in [1.29, 1.82) is 0 Å². The van der Waals surface area contributed by atoms with Gasteiger partial charge in [-0.15, -0.1) is 0 Å². The summed E-state index contributed by atoms with van der Waals surface area (Å²) < 4.78 is 27.3. The minimum absolute atomic E-state index is 0.00782. The third kappa shape index (κ3) is 5.86. The zero-order valence-corrected chi connectivity index (χ0v) is 14.1. The lowest BCUT2D eigenvalue weighted by molar-refractivity contribution is -0.118. The number of benzene rings is 1. The standard InChI is InChI=1S/C16H21N3O3S/c1-13(2)12-23(21,22)18-16(20)8-15-9-17-19(11-15)10-14-6-4-3-5-7-14/h3-7,9,11,13H,8,10,12H2,1-2H3,(H,18,20). The van der Waals surface area contributed by atoms with E-state index in [0.29, 0.717) is 12.1 Å². The third-order valence-electron chi connectivity index (χ3n) is 3.06. The first-order valence-electron chi connectivity index (χ1n) is 7.42. The van der Waals surface area contributed by atoms with Crippen molar-refractivity contribution in [3.8, 4) is 0 Å². The lowest BCUT2D eigenvalue weighted by Crippen LogP contribution is -2.34. The molecule has 1 heterocycles. The number of rotatable bonds is 7. The largest absolute Gasteiger partial charge is 0.274 e. The third-order valence-corrected chi connectivity index (χ3v) is 4.71. The summed E-state index contributed by atoms with van der Waals surface area (Å²) in [5.74, 6) is -0.634. The van der Waals surface area contributed by atoms with Gasteiger partial charge in [0.05, 0.1) is 24.9 Å². The Labute approximate surface area is 136 Å². The number of nitrogens with one attached hydrogen (secondary N) is 1. The molecule has 0 bridgehead atoms. The minimum Gasteiger partial charge on any atom is -0.274 e. The highest BCUT2D eigenvalue weighted by atomic mass is 32.2. The molecule has 0 unspecified atom stereocenters. The van der Waals surface area contributed by atoms with Gasteiger partial charge in [0.2, 0.25) is 15.9 Å². The Morgan fingerprint density at radius 1 is 1.22 bits per heavy atom. The summed E-state index contributed by atoms with van der Waals surface area (Å²) in [7, 11) is -3.57. The second-order valence-electron chi connectivity index (χ2n) is 5.91. The van der Waals surface area contributed by atoms with E-state index in [2.05, 4.69) is 9.82 Å². The molecule has 0 atom stereocenters. The molecule has 1 aromatic heterocycles. The molecular weight excluding hydrogens is 314 g/mol. The Morgan fingerprint density at radius 3 is 2.57 bits per heavy atom. The average molecular weight is 335 g/mol. The Kier molecular flexibility index (Phi) is 5.54. The van der Waals surface area contributed by atoms with Crippen LogP contribution >= 0.6 is 0 Å². The summed E-state index contributed by atoms with van der Waals surface area (Å²) in [5.41, 5.74) is 1.78. The quantitative estimate of drug-likeness (QED) is 0.833. The molecular formula is C16H21N3O3S. The summed E-state index contributed by atoms with van der Waals surface area (Å²) in [6, 6.07) is 9.83. The maximum atomic E-state index is 11.8. The first-order valence-corrected chi connectivity index (χ1v) is 9.08. The van der Waals surface area contributed by atoms with E-state index in [1.54, 1.807) is 30.9 Å². The zero-order chi connectivity index (χ0) is 16.9. The lowest BCUT2D eigenvalue weighted by atomic mass is 10.2. The maximum absolute atomic E-state index is 11.8. The van der Waals surface area contributed by atoms with Crippen LogP contribution in [0.2, 0.25) is 0 Å². The summed E-state index contributed by atoms with van der Waals surface area (Å²) in [4.78, 5) is 11.8. The van der Waals surface area contributed by atoms with Gasteiger partial charge in [-0.05, 0) is 17.0 Å². The molecule has 0 spiro atoms. The molecule has 1 amide bonds. The molecule has 2 aromatic rings. The predicted molar refractivity (Wildman–Crippen MR) is 88.2 cm³/mol. The molecule has 0 saturated heterocycles. The van der Waals surface area contributed by atoms with Crippen molar-refractivity contribution in [1.82, 2.24) is 14.5 Å². The number of carbonyl (C=O) groups excluding carboxylic acids is 1. The van der Waals surface area contributed by atoms with Crippen LogP contribution in [0.5, 0.6) is 0 Å². The molecule has 0 saturated carbocycles. The van der Waals surface area contributed by atoms with Gasteiger partial charge in [-0.25, -0.2) is 8.42 Å². The van der Waals surface area contributed by atoms with Crippen LogP contribution in [-0.2, 0) is 27.8 Å². The van der Waals surface area contributed by atoms with E-state index in [0.717, 1.165) is 5.56 Å². The molecule has 7 heteroatoms. The SMILES string of the molecule is CC(C)CS(=O)(=O)NC(=O)Cc1cnn(Cc2ccccc2)c1. The van der Waals surface area contributed by atoms with Crippen molar-refractivity contribution in [2.45, 2.75) is 26.8 Å². The van der Waals surface area contributed by atoms with Crippen LogP contribution < -0.4 is 4.72 Å². The number of sulfonamides is 1. The van der Waals surface area contributed by atoms with E-state index in [1.165, 1.54) is 0 Å². The Balaban J connectivity index is 1.92. The highest BCUT2D eigenvalue weighted by Gasteiger charge is 2.17. The molecule has 0 aliphatic heterocycles. The fraction of sp³-hybridized carbons (Fsp3) is 0.375. The van der Waals surface area contributed by atoms with E-state index in [9.17, 15) is 13.2 Å². The van der Waals surface area contributed by atoms with Crippen LogP contribution in [0, 0.1) is 5.92 Å². The predicted octanol–water partition coefficient (Wildman–Crippen LogP) is 1.58. The highest BCUT2D eigenvalue weighted by molar-refractivity contribution is 7.90. The first-order chi connectivity index (χ1) is 10.8. The molecule has 0 aliphatic carbocycles. The second-order valence-corrected chi connectivity index (χ2v) is 7.68. The molecule has 2 rings (SSSR count). The molecule has 124 valence electrons. The van der Waals surface area contributed by atoms with Crippen molar-refractivity contribution < 1.29 is 13.2 Å². The fourth-order valence-corrected chi connectivity index (χ4v) is 3.61. The second kappa shape index (κ2) is 7.41. The number of hydrogen-bond donors (Lipinski definition) is 1. The monoisotopic (exact) mass is 335 g/mol. The lowest BCUT2D eigenvalue weighted by Gasteiger charge is -2.08. The number of carbonyl (C=O) groups is 1. The number of hydrogen-bond acceptors (Lipinski definition) is 4. The van der Waals surface area contributed by atoms with Crippen molar-refractivity contribution >= 4 is 15.9 Å². The molecule has 1 aromatic carbocycles. The van der Waals surface area contributed by atoms with E-state index in [4.69, 9.17) is 0 Å². The smallest absolute Gasteiger partial charge is 0.237 e. The molecule has 1 N–H and O–H groups in total. The molecule has 0 aliphatic rings. The Hall–Kier alpha value is -2.15. The first kappa shape index (κ1) is 17.2. The summed E-state index contributed by atoms with van der Waals surface area (Å²) in [5, 5.41) is 4.20. The van der Waals surface area contributed by atoms with Crippen molar-refractivity contribution in [2.24, 2.45) is 5.92 Å². The molecule has 23 heavy (non-hydrogen) atoms. The number of amides is 1. The highest BCUT2D eigenvalue weighted by Crippen LogP contribution is 2.05. The maximum Gasteiger partial charge on any atom is 0.237 e. The summed E-state index contributed by atoms with van der Waals surface area (Å²) >= 11 is 0. The van der Waals surface area contributed by atoms with Crippen molar-refractivity contribution in [3.63, 3.8) is 0 Å². The minimum atomic E-state index is -3.57. The van der Waals surface area contributed by atoms with Crippen LogP contribution in [0.25, 0.3) is 0 Å². The van der Waals surface area contributed by atoms with Gasteiger partial charge >= 0.3 is 0 Å². The van der Waals surface area contributed by atoms with Crippen LogP contribution in [0.4, 0.5) is 0 Å².